The van der Waals surface area contributed by atoms with E-state index in [1.165, 1.54) is 22.0 Å². The molecule has 0 bridgehead atoms. The summed E-state index contributed by atoms with van der Waals surface area (Å²) in [4.78, 5) is 25.3. The fraction of sp³-hybridized carbons (Fsp3) is 0.440. The van der Waals surface area contributed by atoms with Gasteiger partial charge in [-0.25, -0.2) is 13.2 Å². The van der Waals surface area contributed by atoms with E-state index in [0.717, 1.165) is 44.1 Å². The minimum absolute atomic E-state index is 0.0743. The van der Waals surface area contributed by atoms with E-state index in [0.29, 0.717) is 18.7 Å². The molecule has 2 aliphatic rings. The lowest BCUT2D eigenvalue weighted by Crippen LogP contribution is -2.35. The van der Waals surface area contributed by atoms with Crippen molar-refractivity contribution in [2.24, 2.45) is 0 Å². The number of amides is 1. The second-order valence-electron chi connectivity index (χ2n) is 8.73. The van der Waals surface area contributed by atoms with Gasteiger partial charge in [-0.3, -0.25) is 4.79 Å². The molecule has 33 heavy (non-hydrogen) atoms. The molecule has 0 radical (unpaired) electrons. The Morgan fingerprint density at radius 3 is 2.61 bits per heavy atom. The highest BCUT2D eigenvalue weighted by molar-refractivity contribution is 7.89. The van der Waals surface area contributed by atoms with Crippen molar-refractivity contribution in [2.45, 2.75) is 56.4 Å². The molecule has 2 aromatic rings. The summed E-state index contributed by atoms with van der Waals surface area (Å²) in [6, 6.07) is 12.4. The fourth-order valence-electron chi connectivity index (χ4n) is 4.58. The normalized spacial score (nSPS) is 18.9. The predicted molar refractivity (Wildman–Crippen MR) is 124 cm³/mol. The van der Waals surface area contributed by atoms with Crippen LogP contribution in [-0.2, 0) is 26.0 Å². The molecule has 0 spiro atoms. The van der Waals surface area contributed by atoms with Gasteiger partial charge in [0.15, 0.2) is 6.61 Å². The van der Waals surface area contributed by atoms with E-state index in [-0.39, 0.29) is 22.4 Å². The number of ether oxygens (including phenoxy) is 1. The molecule has 7 nitrogen and oxygen atoms in total. The average Bonchev–Trinajstić information content (AvgIpc) is 2.83. The largest absolute Gasteiger partial charge is 0.452 e. The zero-order chi connectivity index (χ0) is 23.4. The first-order valence-corrected chi connectivity index (χ1v) is 13.0. The SMILES string of the molecule is Cc1ccc(S(=O)(=O)N2CCCCC2)cc1C(=O)OCC(=O)N[C@H]1CCCc2ccccc21. The van der Waals surface area contributed by atoms with E-state index < -0.39 is 22.6 Å². The van der Waals surface area contributed by atoms with Gasteiger partial charge in [0.2, 0.25) is 10.0 Å². The van der Waals surface area contributed by atoms with Gasteiger partial charge >= 0.3 is 5.97 Å². The fourth-order valence-corrected chi connectivity index (χ4v) is 6.13. The molecule has 1 saturated heterocycles. The van der Waals surface area contributed by atoms with Gasteiger partial charge in [0, 0.05) is 13.1 Å². The average molecular weight is 471 g/mol. The van der Waals surface area contributed by atoms with Crippen LogP contribution in [0.25, 0.3) is 0 Å². The first kappa shape index (κ1) is 23.4. The van der Waals surface area contributed by atoms with E-state index in [1.54, 1.807) is 13.0 Å². The minimum atomic E-state index is -3.67. The van der Waals surface area contributed by atoms with E-state index in [4.69, 9.17) is 4.74 Å². The number of nitrogens with zero attached hydrogens (tertiary/aromatic N) is 1. The van der Waals surface area contributed by atoms with Crippen molar-refractivity contribution < 1.29 is 22.7 Å². The van der Waals surface area contributed by atoms with Crippen LogP contribution in [-0.4, -0.2) is 44.3 Å². The van der Waals surface area contributed by atoms with Crippen molar-refractivity contribution in [3.63, 3.8) is 0 Å². The third kappa shape index (κ3) is 5.28. The van der Waals surface area contributed by atoms with Crippen LogP contribution < -0.4 is 5.32 Å². The molecular formula is C25H30N2O5S. The van der Waals surface area contributed by atoms with Gasteiger partial charge in [0.05, 0.1) is 16.5 Å². The van der Waals surface area contributed by atoms with Gasteiger partial charge in [-0.05, 0) is 67.9 Å². The lowest BCUT2D eigenvalue weighted by Gasteiger charge is -2.26. The molecule has 0 aromatic heterocycles. The summed E-state index contributed by atoms with van der Waals surface area (Å²) in [5.74, 6) is -1.08. The number of benzene rings is 2. The number of nitrogens with one attached hydrogen (secondary N) is 1. The zero-order valence-electron chi connectivity index (χ0n) is 18.9. The smallest absolute Gasteiger partial charge is 0.338 e. The lowest BCUT2D eigenvalue weighted by atomic mass is 9.88. The molecule has 1 atom stereocenters. The molecule has 1 aliphatic heterocycles. The number of carbonyl (C=O) groups excluding carboxylic acids is 2. The Kier molecular flexibility index (Phi) is 7.14. The van der Waals surface area contributed by atoms with Crippen LogP contribution >= 0.6 is 0 Å². The highest BCUT2D eigenvalue weighted by Gasteiger charge is 2.27. The third-order valence-corrected chi connectivity index (χ3v) is 8.32. The molecule has 4 rings (SSSR count). The Balaban J connectivity index is 1.40. The number of carbonyl (C=O) groups is 2. The van der Waals surface area contributed by atoms with Crippen molar-refractivity contribution in [1.29, 1.82) is 0 Å². The molecule has 1 N–H and O–H groups in total. The first-order chi connectivity index (χ1) is 15.9. The molecule has 1 amide bonds. The second kappa shape index (κ2) is 10.1. The van der Waals surface area contributed by atoms with Crippen molar-refractivity contribution in [1.82, 2.24) is 9.62 Å². The van der Waals surface area contributed by atoms with Crippen LogP contribution in [0, 0.1) is 6.92 Å². The number of rotatable bonds is 6. The maximum Gasteiger partial charge on any atom is 0.338 e. The van der Waals surface area contributed by atoms with Crippen LogP contribution in [0.4, 0.5) is 0 Å². The number of sulfonamides is 1. The molecule has 0 unspecified atom stereocenters. The number of esters is 1. The van der Waals surface area contributed by atoms with Crippen molar-refractivity contribution >= 4 is 21.9 Å². The van der Waals surface area contributed by atoms with Crippen molar-refractivity contribution in [3.8, 4) is 0 Å². The number of aryl methyl sites for hydroxylation is 2. The monoisotopic (exact) mass is 470 g/mol. The zero-order valence-corrected chi connectivity index (χ0v) is 19.7. The Morgan fingerprint density at radius 2 is 1.82 bits per heavy atom. The summed E-state index contributed by atoms with van der Waals surface area (Å²) in [6.07, 6.45) is 5.51. The quantitative estimate of drug-likeness (QED) is 0.652. The second-order valence-corrected chi connectivity index (χ2v) is 10.7. The highest BCUT2D eigenvalue weighted by atomic mass is 32.2. The molecule has 2 aromatic carbocycles. The Labute approximate surface area is 195 Å². The van der Waals surface area contributed by atoms with Crippen molar-refractivity contribution in [2.75, 3.05) is 19.7 Å². The number of piperidine rings is 1. The maximum absolute atomic E-state index is 13.0. The van der Waals surface area contributed by atoms with E-state index in [2.05, 4.69) is 11.4 Å². The number of fused-ring (bicyclic) bond motifs is 1. The molecule has 0 saturated carbocycles. The summed E-state index contributed by atoms with van der Waals surface area (Å²) in [6.45, 7) is 2.27. The first-order valence-electron chi connectivity index (χ1n) is 11.5. The molecule has 8 heteroatoms. The topological polar surface area (TPSA) is 92.8 Å². The molecular weight excluding hydrogens is 440 g/mol. The van der Waals surface area contributed by atoms with Crippen LogP contribution in [0.1, 0.15) is 65.2 Å². The Morgan fingerprint density at radius 1 is 1.06 bits per heavy atom. The standard InChI is InChI=1S/C25H30N2O5S/c1-18-12-13-20(33(30,31)27-14-5-2-6-15-27)16-22(18)25(29)32-17-24(28)26-23-11-7-9-19-8-3-4-10-21(19)23/h3-4,8,10,12-13,16,23H,2,5-7,9,11,14-15,17H2,1H3,(H,26,28)/t23-/m0/s1. The number of hydrogen-bond acceptors (Lipinski definition) is 5. The summed E-state index contributed by atoms with van der Waals surface area (Å²) in [5.41, 5.74) is 3.09. The van der Waals surface area contributed by atoms with Crippen molar-refractivity contribution in [3.05, 3.63) is 64.7 Å². The Bertz CT molecular complexity index is 1140. The van der Waals surface area contributed by atoms with Gasteiger partial charge in [-0.15, -0.1) is 0 Å². The van der Waals surface area contributed by atoms with Gasteiger partial charge in [0.25, 0.3) is 5.91 Å². The highest BCUT2D eigenvalue weighted by Crippen LogP contribution is 2.29. The molecule has 1 heterocycles. The maximum atomic E-state index is 13.0. The lowest BCUT2D eigenvalue weighted by molar-refractivity contribution is -0.125. The summed E-state index contributed by atoms with van der Waals surface area (Å²) < 4.78 is 32.7. The summed E-state index contributed by atoms with van der Waals surface area (Å²) in [5, 5.41) is 2.96. The Hall–Kier alpha value is -2.71. The van der Waals surface area contributed by atoms with Crippen LogP contribution in [0.5, 0.6) is 0 Å². The van der Waals surface area contributed by atoms with E-state index in [1.807, 2.05) is 18.2 Å². The predicted octanol–water partition coefficient (Wildman–Crippen LogP) is 3.52. The summed E-state index contributed by atoms with van der Waals surface area (Å²) >= 11 is 0. The van der Waals surface area contributed by atoms with Gasteiger partial charge in [-0.1, -0.05) is 36.8 Å². The van der Waals surface area contributed by atoms with Gasteiger partial charge in [0.1, 0.15) is 0 Å². The molecule has 1 fully saturated rings. The molecule has 176 valence electrons. The third-order valence-electron chi connectivity index (χ3n) is 6.42. The minimum Gasteiger partial charge on any atom is -0.452 e. The number of hydrogen-bond donors (Lipinski definition) is 1. The van der Waals surface area contributed by atoms with E-state index >= 15 is 0 Å². The van der Waals surface area contributed by atoms with Gasteiger partial charge in [-0.2, -0.15) is 4.31 Å². The molecule has 1 aliphatic carbocycles. The van der Waals surface area contributed by atoms with Crippen LogP contribution in [0.2, 0.25) is 0 Å². The van der Waals surface area contributed by atoms with Crippen LogP contribution in [0.15, 0.2) is 47.4 Å². The van der Waals surface area contributed by atoms with Crippen LogP contribution in [0.3, 0.4) is 0 Å². The van der Waals surface area contributed by atoms with E-state index in [9.17, 15) is 18.0 Å². The van der Waals surface area contributed by atoms with Gasteiger partial charge < -0.3 is 10.1 Å². The summed E-state index contributed by atoms with van der Waals surface area (Å²) in [7, 11) is -3.67.